The van der Waals surface area contributed by atoms with E-state index >= 15 is 0 Å². The maximum Gasteiger partial charge on any atom is 0.441 e. The number of amides is 1. The highest BCUT2D eigenvalue weighted by Crippen LogP contribution is 2.42. The van der Waals surface area contributed by atoms with Gasteiger partial charge in [-0.15, -0.1) is 0 Å². The van der Waals surface area contributed by atoms with Crippen molar-refractivity contribution >= 4 is 46.2 Å². The number of thiocarbonyl (C=S) groups is 2. The molecule has 1 aliphatic carbocycles. The maximum atomic E-state index is 13.5. The lowest BCUT2D eigenvalue weighted by Gasteiger charge is -2.42. The van der Waals surface area contributed by atoms with Gasteiger partial charge in [-0.05, 0) is 76.6 Å². The van der Waals surface area contributed by atoms with E-state index in [-0.39, 0.29) is 12.5 Å². The Hall–Kier alpha value is -2.14. The summed E-state index contributed by atoms with van der Waals surface area (Å²) >= 11 is 9.97. The molecular weight excluding hydrogens is 499 g/mol. The molecule has 0 saturated carbocycles. The van der Waals surface area contributed by atoms with Crippen LogP contribution in [0, 0.1) is 0 Å². The third kappa shape index (κ3) is 6.55. The van der Waals surface area contributed by atoms with Crippen molar-refractivity contribution in [2.24, 2.45) is 0 Å². The maximum absolute atomic E-state index is 13.5. The Morgan fingerprint density at radius 2 is 2.03 bits per heavy atom. The van der Waals surface area contributed by atoms with Crippen LogP contribution >= 0.6 is 24.4 Å². The van der Waals surface area contributed by atoms with Gasteiger partial charge in [0.2, 0.25) is 0 Å². The van der Waals surface area contributed by atoms with Crippen molar-refractivity contribution in [3.63, 3.8) is 0 Å². The minimum Gasteiger partial charge on any atom is -0.481 e. The quantitative estimate of drug-likeness (QED) is 0.336. The van der Waals surface area contributed by atoms with E-state index in [0.717, 1.165) is 24.0 Å². The Labute approximate surface area is 214 Å². The van der Waals surface area contributed by atoms with Gasteiger partial charge in [-0.2, -0.15) is 13.2 Å². The van der Waals surface area contributed by atoms with Crippen molar-refractivity contribution < 1.29 is 27.4 Å². The number of hydrogen-bond donors (Lipinski definition) is 2. The van der Waals surface area contributed by atoms with Crippen molar-refractivity contribution in [3.8, 4) is 5.75 Å². The number of carbonyl (C=O) groups is 1. The molecular formula is C24H32F3N3O3S2. The zero-order valence-electron chi connectivity index (χ0n) is 20.5. The fourth-order valence-corrected chi connectivity index (χ4v) is 4.64. The van der Waals surface area contributed by atoms with Crippen molar-refractivity contribution in [1.29, 1.82) is 0 Å². The summed E-state index contributed by atoms with van der Waals surface area (Å²) in [7, 11) is 0. The SMILES string of the molecule is CCCC(NC(=S)C(F)(F)F)N(C(=O)OC(C)(C)C)C1CCCc2cc3c(cc21)NC(=S)C(C)O3. The molecule has 0 spiro atoms. The number of nitrogens with zero attached hydrogens (tertiary/aromatic N) is 1. The second-order valence-electron chi connectivity index (χ2n) is 9.87. The number of ether oxygens (including phenoxy) is 2. The summed E-state index contributed by atoms with van der Waals surface area (Å²) in [6.45, 7) is 8.86. The average molecular weight is 532 g/mol. The van der Waals surface area contributed by atoms with Crippen molar-refractivity contribution in [2.75, 3.05) is 5.32 Å². The van der Waals surface area contributed by atoms with Crippen molar-refractivity contribution in [2.45, 2.75) is 96.8 Å². The molecule has 1 heterocycles. The smallest absolute Gasteiger partial charge is 0.441 e. The molecule has 0 bridgehead atoms. The molecule has 0 saturated heterocycles. The molecule has 3 rings (SSSR count). The number of fused-ring (bicyclic) bond motifs is 2. The molecule has 3 atom stereocenters. The Morgan fingerprint density at radius 3 is 2.63 bits per heavy atom. The lowest BCUT2D eigenvalue weighted by molar-refractivity contribution is -0.0621. The Kier molecular flexibility index (Phi) is 8.20. The van der Waals surface area contributed by atoms with E-state index in [1.165, 1.54) is 4.90 Å². The molecule has 0 radical (unpaired) electrons. The van der Waals surface area contributed by atoms with E-state index in [9.17, 15) is 18.0 Å². The first kappa shape index (κ1) is 27.4. The van der Waals surface area contributed by atoms with Gasteiger partial charge < -0.3 is 20.1 Å². The number of alkyl halides is 3. The topological polar surface area (TPSA) is 62.8 Å². The normalized spacial score (nSPS) is 20.5. The molecule has 1 aromatic rings. The van der Waals surface area contributed by atoms with Crippen molar-refractivity contribution in [1.82, 2.24) is 10.2 Å². The van der Waals surface area contributed by atoms with Gasteiger partial charge in [0.1, 0.15) is 28.6 Å². The predicted octanol–water partition coefficient (Wildman–Crippen LogP) is 6.43. The first-order valence-electron chi connectivity index (χ1n) is 11.7. The predicted molar refractivity (Wildman–Crippen MR) is 137 cm³/mol. The molecule has 0 fully saturated rings. The van der Waals surface area contributed by atoms with Gasteiger partial charge in [-0.25, -0.2) is 4.79 Å². The number of aryl methyl sites for hydroxylation is 1. The summed E-state index contributed by atoms with van der Waals surface area (Å²) in [5.41, 5.74) is 1.65. The van der Waals surface area contributed by atoms with E-state index in [4.69, 9.17) is 21.7 Å². The molecule has 6 nitrogen and oxygen atoms in total. The van der Waals surface area contributed by atoms with Gasteiger partial charge in [0.15, 0.2) is 4.99 Å². The number of rotatable bonds is 5. The van der Waals surface area contributed by atoms with Crippen LogP contribution in [0.5, 0.6) is 5.75 Å². The van der Waals surface area contributed by atoms with Crippen LogP contribution in [0.25, 0.3) is 0 Å². The van der Waals surface area contributed by atoms with Crippen LogP contribution in [0.4, 0.5) is 23.7 Å². The molecule has 1 amide bonds. The zero-order valence-corrected chi connectivity index (χ0v) is 22.2. The monoisotopic (exact) mass is 531 g/mol. The third-order valence-corrected chi connectivity index (χ3v) is 6.63. The number of halogens is 3. The Morgan fingerprint density at radius 1 is 1.34 bits per heavy atom. The first-order valence-corrected chi connectivity index (χ1v) is 12.6. The fourth-order valence-electron chi connectivity index (χ4n) is 4.34. The van der Waals surface area contributed by atoms with Gasteiger partial charge in [0, 0.05) is 0 Å². The van der Waals surface area contributed by atoms with E-state index in [1.54, 1.807) is 20.8 Å². The molecule has 2 aliphatic rings. The van der Waals surface area contributed by atoms with Crippen LogP contribution in [-0.4, -0.2) is 45.0 Å². The minimum atomic E-state index is -4.71. The van der Waals surface area contributed by atoms with Crippen LogP contribution in [-0.2, 0) is 11.2 Å². The number of carbonyl (C=O) groups excluding carboxylic acids is 1. The summed E-state index contributed by atoms with van der Waals surface area (Å²) in [4.78, 5) is 14.1. The number of anilines is 1. The Balaban J connectivity index is 2.07. The highest BCUT2D eigenvalue weighted by Gasteiger charge is 2.41. The third-order valence-electron chi connectivity index (χ3n) is 5.85. The molecule has 0 aromatic heterocycles. The first-order chi connectivity index (χ1) is 16.2. The van der Waals surface area contributed by atoms with E-state index < -0.39 is 35.1 Å². The van der Waals surface area contributed by atoms with Gasteiger partial charge in [0.25, 0.3) is 0 Å². The fraction of sp³-hybridized carbons (Fsp3) is 0.625. The van der Waals surface area contributed by atoms with Gasteiger partial charge in [-0.3, -0.25) is 4.90 Å². The summed E-state index contributed by atoms with van der Waals surface area (Å²) in [5.74, 6) is 0.663. The lowest BCUT2D eigenvalue weighted by Crippen LogP contribution is -2.55. The number of nitrogens with one attached hydrogen (secondary N) is 2. The summed E-state index contributed by atoms with van der Waals surface area (Å²) < 4.78 is 51.7. The number of benzene rings is 1. The number of hydrogen-bond acceptors (Lipinski definition) is 5. The van der Waals surface area contributed by atoms with Crippen LogP contribution < -0.4 is 15.4 Å². The van der Waals surface area contributed by atoms with Crippen LogP contribution in [0.1, 0.15) is 77.5 Å². The zero-order chi connectivity index (χ0) is 26.1. The van der Waals surface area contributed by atoms with Crippen LogP contribution in [0.3, 0.4) is 0 Å². The molecule has 194 valence electrons. The van der Waals surface area contributed by atoms with Crippen LogP contribution in [0.2, 0.25) is 0 Å². The Bertz CT molecular complexity index is 995. The van der Waals surface area contributed by atoms with Gasteiger partial charge in [-0.1, -0.05) is 37.8 Å². The standard InChI is InChI=1S/C24H32F3N3O3S2/c1-6-8-19(29-21(35)24(25,26)27)30(22(31)33-23(3,4)5)17-10-7-9-14-11-18-16(12-15(14)17)28-20(34)13(2)32-18/h11-13,17,19H,6-10H2,1-5H3,(H,28,34)(H,29,35). The van der Waals surface area contributed by atoms with E-state index in [1.807, 2.05) is 26.0 Å². The van der Waals surface area contributed by atoms with Gasteiger partial charge in [0.05, 0.1) is 11.7 Å². The molecule has 1 aliphatic heterocycles. The summed E-state index contributed by atoms with van der Waals surface area (Å²) in [5, 5.41) is 5.58. The van der Waals surface area contributed by atoms with E-state index in [2.05, 4.69) is 22.9 Å². The molecule has 2 N–H and O–H groups in total. The summed E-state index contributed by atoms with van der Waals surface area (Å²) in [6, 6.07) is 3.29. The van der Waals surface area contributed by atoms with Crippen molar-refractivity contribution in [3.05, 3.63) is 23.3 Å². The largest absolute Gasteiger partial charge is 0.481 e. The average Bonchev–Trinajstić information content (AvgIpc) is 2.72. The minimum absolute atomic E-state index is 0.259. The lowest BCUT2D eigenvalue weighted by atomic mass is 9.85. The molecule has 1 aromatic carbocycles. The molecule has 3 unspecified atom stereocenters. The second kappa shape index (κ2) is 10.5. The summed E-state index contributed by atoms with van der Waals surface area (Å²) in [6.07, 6.45) is -3.81. The molecule has 11 heteroatoms. The second-order valence-corrected chi connectivity index (χ2v) is 10.7. The highest BCUT2D eigenvalue weighted by atomic mass is 32.1. The van der Waals surface area contributed by atoms with Crippen LogP contribution in [0.15, 0.2) is 12.1 Å². The van der Waals surface area contributed by atoms with Gasteiger partial charge >= 0.3 is 12.3 Å². The van der Waals surface area contributed by atoms with E-state index in [0.29, 0.717) is 29.3 Å². The highest BCUT2D eigenvalue weighted by molar-refractivity contribution is 7.80. The molecule has 35 heavy (non-hydrogen) atoms.